The number of hydrogen-bond acceptors (Lipinski definition) is 4. The van der Waals surface area contributed by atoms with E-state index in [9.17, 15) is 0 Å². The number of nitrogens with zero attached hydrogens (tertiary/aromatic N) is 2. The molecule has 0 atom stereocenters. The van der Waals surface area contributed by atoms with Crippen molar-refractivity contribution in [2.75, 3.05) is 12.8 Å². The molecule has 0 saturated heterocycles. The number of nitrogen functional groups attached to an aromatic ring is 1. The standard InChI is InChI=1S/C15H17N3O/c1-15(2)7-9-8-17-14(16)18-13(9)11-6-10(19-3)4-5-12(11)15/h4-6,8H,7H2,1-3H3,(H2,16,17,18). The van der Waals surface area contributed by atoms with Gasteiger partial charge in [-0.15, -0.1) is 0 Å². The van der Waals surface area contributed by atoms with Crippen LogP contribution in [0.1, 0.15) is 25.0 Å². The molecule has 0 bridgehead atoms. The summed E-state index contributed by atoms with van der Waals surface area (Å²) in [5.74, 6) is 1.15. The molecule has 0 saturated carbocycles. The molecule has 0 unspecified atom stereocenters. The second kappa shape index (κ2) is 3.95. The van der Waals surface area contributed by atoms with Crippen LogP contribution >= 0.6 is 0 Å². The summed E-state index contributed by atoms with van der Waals surface area (Å²) in [7, 11) is 1.67. The van der Waals surface area contributed by atoms with Gasteiger partial charge in [0.05, 0.1) is 12.8 Å². The van der Waals surface area contributed by atoms with Gasteiger partial charge in [0.1, 0.15) is 5.75 Å². The molecule has 0 fully saturated rings. The van der Waals surface area contributed by atoms with Gasteiger partial charge >= 0.3 is 0 Å². The van der Waals surface area contributed by atoms with Crippen molar-refractivity contribution in [2.24, 2.45) is 0 Å². The maximum absolute atomic E-state index is 5.72. The van der Waals surface area contributed by atoms with Crippen LogP contribution in [0.4, 0.5) is 5.95 Å². The van der Waals surface area contributed by atoms with Gasteiger partial charge in [0, 0.05) is 11.8 Å². The molecule has 1 heterocycles. The Bertz CT molecular complexity index is 650. The van der Waals surface area contributed by atoms with E-state index in [1.54, 1.807) is 7.11 Å². The molecule has 98 valence electrons. The van der Waals surface area contributed by atoms with Crippen LogP contribution in [0, 0.1) is 0 Å². The molecule has 0 aliphatic heterocycles. The Morgan fingerprint density at radius 2 is 2.11 bits per heavy atom. The zero-order chi connectivity index (χ0) is 13.6. The first-order chi connectivity index (χ1) is 9.01. The van der Waals surface area contributed by atoms with Crippen molar-refractivity contribution in [2.45, 2.75) is 25.7 Å². The van der Waals surface area contributed by atoms with E-state index in [-0.39, 0.29) is 5.41 Å². The molecule has 1 aromatic heterocycles. The summed E-state index contributed by atoms with van der Waals surface area (Å²) in [6.45, 7) is 4.47. The number of aromatic nitrogens is 2. The fourth-order valence-electron chi connectivity index (χ4n) is 2.79. The van der Waals surface area contributed by atoms with Crippen molar-refractivity contribution in [3.05, 3.63) is 35.5 Å². The van der Waals surface area contributed by atoms with Gasteiger partial charge in [-0.1, -0.05) is 19.9 Å². The monoisotopic (exact) mass is 255 g/mol. The van der Waals surface area contributed by atoms with Crippen LogP contribution in [0.2, 0.25) is 0 Å². The van der Waals surface area contributed by atoms with E-state index in [1.165, 1.54) is 5.56 Å². The zero-order valence-corrected chi connectivity index (χ0v) is 11.4. The van der Waals surface area contributed by atoms with E-state index >= 15 is 0 Å². The summed E-state index contributed by atoms with van der Waals surface area (Å²) < 4.78 is 5.32. The maximum atomic E-state index is 5.72. The van der Waals surface area contributed by atoms with Crippen LogP contribution in [-0.4, -0.2) is 17.1 Å². The fraction of sp³-hybridized carbons (Fsp3) is 0.333. The Labute approximate surface area is 112 Å². The van der Waals surface area contributed by atoms with Gasteiger partial charge in [0.25, 0.3) is 0 Å². The van der Waals surface area contributed by atoms with Gasteiger partial charge in [-0.3, -0.25) is 0 Å². The second-order valence-electron chi connectivity index (χ2n) is 5.57. The Morgan fingerprint density at radius 1 is 1.32 bits per heavy atom. The number of hydrogen-bond donors (Lipinski definition) is 1. The van der Waals surface area contributed by atoms with E-state index in [0.717, 1.165) is 29.0 Å². The average Bonchev–Trinajstić information content (AvgIpc) is 2.39. The normalized spacial score (nSPS) is 15.5. The highest BCUT2D eigenvalue weighted by Crippen LogP contribution is 2.43. The van der Waals surface area contributed by atoms with Crippen LogP contribution in [0.3, 0.4) is 0 Å². The average molecular weight is 255 g/mol. The molecule has 4 nitrogen and oxygen atoms in total. The number of fused-ring (bicyclic) bond motifs is 3. The molecule has 2 aromatic rings. The van der Waals surface area contributed by atoms with Gasteiger partial charge in [-0.25, -0.2) is 9.97 Å². The molecule has 2 N–H and O–H groups in total. The summed E-state index contributed by atoms with van der Waals surface area (Å²) in [5, 5.41) is 0. The van der Waals surface area contributed by atoms with Gasteiger partial charge in [0.15, 0.2) is 0 Å². The summed E-state index contributed by atoms with van der Waals surface area (Å²) in [6.07, 6.45) is 2.75. The molecule has 1 aromatic carbocycles. The van der Waals surface area contributed by atoms with Crippen molar-refractivity contribution in [1.29, 1.82) is 0 Å². The fourth-order valence-corrected chi connectivity index (χ4v) is 2.79. The molecule has 1 aliphatic rings. The van der Waals surface area contributed by atoms with E-state index < -0.39 is 0 Å². The lowest BCUT2D eigenvalue weighted by Crippen LogP contribution is -2.26. The van der Waals surface area contributed by atoms with Crippen LogP contribution < -0.4 is 10.5 Å². The summed E-state index contributed by atoms with van der Waals surface area (Å²) in [4.78, 5) is 8.52. The van der Waals surface area contributed by atoms with Gasteiger partial charge in [-0.2, -0.15) is 0 Å². The number of ether oxygens (including phenoxy) is 1. The predicted molar refractivity (Wildman–Crippen MR) is 75.2 cm³/mol. The molecule has 19 heavy (non-hydrogen) atoms. The molecule has 3 rings (SSSR count). The van der Waals surface area contributed by atoms with Crippen molar-refractivity contribution in [1.82, 2.24) is 9.97 Å². The first-order valence-electron chi connectivity index (χ1n) is 6.31. The summed E-state index contributed by atoms with van der Waals surface area (Å²) in [6, 6.07) is 6.15. The molecule has 0 spiro atoms. The smallest absolute Gasteiger partial charge is 0.220 e. The molecule has 1 aliphatic carbocycles. The Morgan fingerprint density at radius 3 is 2.84 bits per heavy atom. The molecule has 0 amide bonds. The molecule has 4 heteroatoms. The van der Waals surface area contributed by atoms with Crippen LogP contribution in [0.15, 0.2) is 24.4 Å². The number of anilines is 1. The minimum absolute atomic E-state index is 0.0636. The quantitative estimate of drug-likeness (QED) is 0.850. The first-order valence-corrected chi connectivity index (χ1v) is 6.31. The maximum Gasteiger partial charge on any atom is 0.220 e. The third-order valence-corrected chi connectivity index (χ3v) is 3.73. The number of methoxy groups -OCH3 is 1. The largest absolute Gasteiger partial charge is 0.497 e. The van der Waals surface area contributed by atoms with Gasteiger partial charge < -0.3 is 10.5 Å². The Kier molecular flexibility index (Phi) is 2.49. The second-order valence-corrected chi connectivity index (χ2v) is 5.57. The topological polar surface area (TPSA) is 61.0 Å². The predicted octanol–water partition coefficient (Wildman–Crippen LogP) is 2.57. The van der Waals surface area contributed by atoms with Crippen LogP contribution in [0.5, 0.6) is 5.75 Å². The first kappa shape index (κ1) is 12.0. The zero-order valence-electron chi connectivity index (χ0n) is 11.4. The highest BCUT2D eigenvalue weighted by Gasteiger charge is 2.32. The number of nitrogens with two attached hydrogens (primary N) is 1. The molecular formula is C15H17N3O. The Hall–Kier alpha value is -2.10. The minimum atomic E-state index is 0.0636. The van der Waals surface area contributed by atoms with Crippen LogP contribution in [0.25, 0.3) is 11.3 Å². The van der Waals surface area contributed by atoms with Crippen molar-refractivity contribution < 1.29 is 4.74 Å². The van der Waals surface area contributed by atoms with Crippen LogP contribution in [-0.2, 0) is 11.8 Å². The molecule has 0 radical (unpaired) electrons. The highest BCUT2D eigenvalue weighted by atomic mass is 16.5. The van der Waals surface area contributed by atoms with Crippen molar-refractivity contribution in [3.8, 4) is 17.0 Å². The number of rotatable bonds is 1. The number of benzene rings is 1. The molecular weight excluding hydrogens is 238 g/mol. The van der Waals surface area contributed by atoms with Gasteiger partial charge in [-0.05, 0) is 35.1 Å². The van der Waals surface area contributed by atoms with E-state index in [2.05, 4.69) is 29.9 Å². The summed E-state index contributed by atoms with van der Waals surface area (Å²) in [5.41, 5.74) is 10.2. The van der Waals surface area contributed by atoms with Crippen molar-refractivity contribution in [3.63, 3.8) is 0 Å². The SMILES string of the molecule is COc1ccc2c(c1)-c1nc(N)ncc1CC2(C)C. The summed E-state index contributed by atoms with van der Waals surface area (Å²) >= 11 is 0. The third-order valence-electron chi connectivity index (χ3n) is 3.73. The lowest BCUT2D eigenvalue weighted by atomic mass is 9.72. The third kappa shape index (κ3) is 1.84. The van der Waals surface area contributed by atoms with E-state index in [0.29, 0.717) is 5.95 Å². The minimum Gasteiger partial charge on any atom is -0.497 e. The lowest BCUT2D eigenvalue weighted by Gasteiger charge is -2.33. The van der Waals surface area contributed by atoms with Crippen molar-refractivity contribution >= 4 is 5.95 Å². The highest BCUT2D eigenvalue weighted by molar-refractivity contribution is 5.73. The van der Waals surface area contributed by atoms with E-state index in [1.807, 2.05) is 18.3 Å². The Balaban J connectivity index is 2.30. The lowest BCUT2D eigenvalue weighted by molar-refractivity contribution is 0.414. The van der Waals surface area contributed by atoms with E-state index in [4.69, 9.17) is 10.5 Å². The van der Waals surface area contributed by atoms with Gasteiger partial charge in [0.2, 0.25) is 5.95 Å².